The summed E-state index contributed by atoms with van der Waals surface area (Å²) in [5.74, 6) is 0.774. The van der Waals surface area contributed by atoms with E-state index in [0.717, 1.165) is 12.2 Å². The van der Waals surface area contributed by atoms with Crippen molar-refractivity contribution in [1.82, 2.24) is 15.5 Å². The first-order valence-electron chi connectivity index (χ1n) is 5.78. The van der Waals surface area contributed by atoms with Crippen molar-refractivity contribution < 1.29 is 9.09 Å². The molecule has 0 saturated heterocycles. The van der Waals surface area contributed by atoms with Crippen LogP contribution in [-0.4, -0.2) is 35.8 Å². The van der Waals surface area contributed by atoms with Gasteiger partial charge in [-0.1, -0.05) is 24.4 Å². The lowest BCUT2D eigenvalue weighted by atomic mass is 10.6. The first-order valence-corrected chi connectivity index (χ1v) is 9.36. The summed E-state index contributed by atoms with van der Waals surface area (Å²) in [7, 11) is 1.67. The van der Waals surface area contributed by atoms with Crippen LogP contribution in [0.1, 0.15) is 20.3 Å². The van der Waals surface area contributed by atoms with Gasteiger partial charge in [-0.15, -0.1) is 11.4 Å². The molecule has 0 saturated carbocycles. The van der Waals surface area contributed by atoms with E-state index in [4.69, 9.17) is 16.7 Å². The highest BCUT2D eigenvalue weighted by molar-refractivity contribution is 8.55. The summed E-state index contributed by atoms with van der Waals surface area (Å²) in [4.78, 5) is 0. The van der Waals surface area contributed by atoms with Crippen molar-refractivity contribution in [2.75, 3.05) is 26.0 Å². The topological polar surface area (TPSA) is 53.6 Å². The SMILES string of the molecule is C=CCNC(=S)NN(C)P(=O)(OCC)SCCC. The molecule has 0 aliphatic rings. The van der Waals surface area contributed by atoms with Crippen molar-refractivity contribution in [3.05, 3.63) is 12.7 Å². The van der Waals surface area contributed by atoms with Crippen molar-refractivity contribution in [3.8, 4) is 0 Å². The minimum Gasteiger partial charge on any atom is -0.358 e. The molecule has 1 atom stereocenters. The molecule has 0 aromatic carbocycles. The molecule has 0 spiro atoms. The van der Waals surface area contributed by atoms with Gasteiger partial charge in [0.2, 0.25) is 0 Å². The number of hydrogen-bond donors (Lipinski definition) is 2. The third-order valence-corrected chi connectivity index (χ3v) is 6.94. The fraction of sp³-hybridized carbons (Fsp3) is 0.700. The van der Waals surface area contributed by atoms with Gasteiger partial charge >= 0.3 is 6.72 Å². The lowest BCUT2D eigenvalue weighted by Gasteiger charge is -2.27. The Kier molecular flexibility index (Phi) is 9.77. The molecule has 0 fully saturated rings. The van der Waals surface area contributed by atoms with E-state index >= 15 is 0 Å². The zero-order valence-corrected chi connectivity index (χ0v) is 13.7. The van der Waals surface area contributed by atoms with E-state index in [1.807, 2.05) is 13.8 Å². The van der Waals surface area contributed by atoms with Gasteiger partial charge in [-0.25, -0.2) is 0 Å². The maximum absolute atomic E-state index is 12.6. The van der Waals surface area contributed by atoms with Crippen LogP contribution < -0.4 is 10.7 Å². The van der Waals surface area contributed by atoms with Gasteiger partial charge < -0.3 is 9.84 Å². The molecular formula is C10H22N3O2PS2. The average molecular weight is 311 g/mol. The van der Waals surface area contributed by atoms with Gasteiger partial charge in [-0.2, -0.15) is 0 Å². The van der Waals surface area contributed by atoms with E-state index in [1.54, 1.807) is 13.1 Å². The summed E-state index contributed by atoms with van der Waals surface area (Å²) in [6, 6.07) is 0. The van der Waals surface area contributed by atoms with Crippen LogP contribution in [0.2, 0.25) is 0 Å². The third kappa shape index (κ3) is 6.75. The standard InChI is InChI=1S/C10H22N3O2PS2/c1-5-8-11-10(17)12-13(4)16(14,15-7-3)18-9-6-2/h5H,1,6-9H2,2-4H3,(H2,11,12,17). The van der Waals surface area contributed by atoms with Gasteiger partial charge in [0.1, 0.15) is 0 Å². The first-order chi connectivity index (χ1) is 8.50. The molecule has 0 aromatic rings. The van der Waals surface area contributed by atoms with Crippen molar-refractivity contribution in [3.63, 3.8) is 0 Å². The molecule has 0 heterocycles. The monoisotopic (exact) mass is 311 g/mol. The Balaban J connectivity index is 4.45. The van der Waals surface area contributed by atoms with Gasteiger partial charge in [0.05, 0.1) is 6.61 Å². The van der Waals surface area contributed by atoms with Crippen molar-refractivity contribution in [2.24, 2.45) is 0 Å². The van der Waals surface area contributed by atoms with Crippen LogP contribution >= 0.6 is 30.3 Å². The molecule has 0 aliphatic heterocycles. The van der Waals surface area contributed by atoms with Crippen molar-refractivity contribution >= 4 is 35.4 Å². The quantitative estimate of drug-likeness (QED) is 0.294. The number of hydrogen-bond acceptors (Lipinski definition) is 4. The molecule has 5 nitrogen and oxygen atoms in total. The molecule has 0 bridgehead atoms. The van der Waals surface area contributed by atoms with Gasteiger partial charge in [-0.05, 0) is 25.6 Å². The van der Waals surface area contributed by atoms with Crippen LogP contribution in [0.4, 0.5) is 0 Å². The van der Waals surface area contributed by atoms with Crippen LogP contribution in [0.25, 0.3) is 0 Å². The van der Waals surface area contributed by atoms with E-state index in [-0.39, 0.29) is 0 Å². The molecule has 0 aliphatic carbocycles. The number of nitrogens with one attached hydrogen (secondary N) is 2. The van der Waals surface area contributed by atoms with Gasteiger partial charge in [0, 0.05) is 19.3 Å². The lowest BCUT2D eigenvalue weighted by Crippen LogP contribution is -2.43. The minimum absolute atomic E-state index is 0.396. The maximum atomic E-state index is 12.6. The smallest absolute Gasteiger partial charge is 0.346 e. The summed E-state index contributed by atoms with van der Waals surface area (Å²) >= 11 is 6.38. The van der Waals surface area contributed by atoms with Crippen LogP contribution in [0, 0.1) is 0 Å². The van der Waals surface area contributed by atoms with Gasteiger partial charge in [0.25, 0.3) is 0 Å². The Morgan fingerprint density at radius 1 is 1.61 bits per heavy atom. The number of thiocarbonyl (C=S) groups is 1. The molecule has 0 aromatic heterocycles. The predicted octanol–water partition coefficient (Wildman–Crippen LogP) is 2.77. The van der Waals surface area contributed by atoms with Crippen molar-refractivity contribution in [1.29, 1.82) is 0 Å². The summed E-state index contributed by atoms with van der Waals surface area (Å²) < 4.78 is 19.4. The lowest BCUT2D eigenvalue weighted by molar-refractivity contribution is 0.290. The largest absolute Gasteiger partial charge is 0.358 e. The van der Waals surface area contributed by atoms with Crippen LogP contribution in [0.15, 0.2) is 12.7 Å². The summed E-state index contributed by atoms with van der Waals surface area (Å²) in [6.45, 7) is 5.46. The van der Waals surface area contributed by atoms with Crippen LogP contribution in [0.3, 0.4) is 0 Å². The molecule has 0 rings (SSSR count). The maximum Gasteiger partial charge on any atom is 0.346 e. The second-order valence-electron chi connectivity index (χ2n) is 3.35. The summed E-state index contributed by atoms with van der Waals surface area (Å²) in [5, 5.41) is 3.31. The molecule has 106 valence electrons. The van der Waals surface area contributed by atoms with E-state index in [9.17, 15) is 4.57 Å². The normalized spacial score (nSPS) is 14.0. The highest BCUT2D eigenvalue weighted by Gasteiger charge is 2.29. The Labute approximate surface area is 119 Å². The fourth-order valence-electron chi connectivity index (χ4n) is 0.993. The molecule has 18 heavy (non-hydrogen) atoms. The second kappa shape index (κ2) is 9.81. The average Bonchev–Trinajstić information content (AvgIpc) is 2.34. The van der Waals surface area contributed by atoms with Crippen LogP contribution in [-0.2, 0) is 9.09 Å². The molecule has 0 radical (unpaired) electrons. The van der Waals surface area contributed by atoms with E-state index < -0.39 is 6.72 Å². The predicted molar refractivity (Wildman–Crippen MR) is 83.7 cm³/mol. The zero-order valence-electron chi connectivity index (χ0n) is 11.1. The fourth-order valence-corrected chi connectivity index (χ4v) is 5.09. The zero-order chi connectivity index (χ0) is 14.0. The molecule has 1 unspecified atom stereocenters. The number of nitrogens with zero attached hydrogens (tertiary/aromatic N) is 1. The summed E-state index contributed by atoms with van der Waals surface area (Å²) in [5.41, 5.74) is 2.85. The molecule has 2 N–H and O–H groups in total. The second-order valence-corrected chi connectivity index (χ2v) is 8.38. The highest BCUT2D eigenvalue weighted by Crippen LogP contribution is 2.60. The van der Waals surface area contributed by atoms with Crippen molar-refractivity contribution in [2.45, 2.75) is 20.3 Å². The Morgan fingerprint density at radius 3 is 2.78 bits per heavy atom. The van der Waals surface area contributed by atoms with E-state index in [1.165, 1.54) is 16.2 Å². The Hall–Kier alpha value is -0.0700. The Morgan fingerprint density at radius 2 is 2.28 bits per heavy atom. The Bertz CT molecular complexity index is 315. The molecular weight excluding hydrogens is 289 g/mol. The summed E-state index contributed by atoms with van der Waals surface area (Å²) in [6.07, 6.45) is 2.64. The van der Waals surface area contributed by atoms with Gasteiger partial charge in [-0.3, -0.25) is 9.99 Å². The van der Waals surface area contributed by atoms with E-state index in [2.05, 4.69) is 17.3 Å². The first kappa shape index (κ1) is 17.9. The molecule has 0 amide bonds. The third-order valence-electron chi connectivity index (χ3n) is 1.79. The number of hydrazine groups is 1. The number of rotatable bonds is 9. The van der Waals surface area contributed by atoms with Crippen LogP contribution in [0.5, 0.6) is 0 Å². The van der Waals surface area contributed by atoms with E-state index in [0.29, 0.717) is 18.3 Å². The van der Waals surface area contributed by atoms with Gasteiger partial charge in [0.15, 0.2) is 5.11 Å². The minimum atomic E-state index is -2.93. The molecule has 8 heteroatoms. The highest BCUT2D eigenvalue weighted by atomic mass is 32.7.